The van der Waals surface area contributed by atoms with Gasteiger partial charge < -0.3 is 0 Å². The number of aromatic nitrogens is 2. The molecule has 1 aromatic heterocycles. The predicted molar refractivity (Wildman–Crippen MR) is 72.6 cm³/mol. The third-order valence-corrected chi connectivity index (χ3v) is 4.51. The van der Waals surface area contributed by atoms with Crippen LogP contribution in [0.4, 0.5) is 0 Å². The van der Waals surface area contributed by atoms with Crippen molar-refractivity contribution < 1.29 is 4.79 Å². The normalized spacial score (nSPS) is 28.3. The molecule has 3 unspecified atom stereocenters. The number of carbonyl (C=O) groups is 1. The first kappa shape index (κ1) is 13.3. The second-order valence-electron chi connectivity index (χ2n) is 5.83. The number of hydrogen-bond acceptors (Lipinski definition) is 2. The van der Waals surface area contributed by atoms with Gasteiger partial charge in [0.25, 0.3) is 0 Å². The van der Waals surface area contributed by atoms with Crippen LogP contribution in [0.1, 0.15) is 56.2 Å². The lowest BCUT2D eigenvalue weighted by Crippen LogP contribution is -2.27. The van der Waals surface area contributed by atoms with Crippen molar-refractivity contribution in [3.05, 3.63) is 17.5 Å². The molecule has 18 heavy (non-hydrogen) atoms. The molecule has 0 radical (unpaired) electrons. The van der Waals surface area contributed by atoms with E-state index in [-0.39, 0.29) is 5.92 Å². The van der Waals surface area contributed by atoms with Crippen molar-refractivity contribution in [1.29, 1.82) is 0 Å². The summed E-state index contributed by atoms with van der Waals surface area (Å²) in [6, 6.07) is 1.96. The Morgan fingerprint density at radius 2 is 2.11 bits per heavy atom. The maximum absolute atomic E-state index is 12.5. The minimum absolute atomic E-state index is 0.205. The molecule has 3 nitrogen and oxygen atoms in total. The summed E-state index contributed by atoms with van der Waals surface area (Å²) < 4.78 is 1.75. The zero-order valence-corrected chi connectivity index (χ0v) is 11.9. The summed E-state index contributed by atoms with van der Waals surface area (Å²) in [6.45, 7) is 6.64. The van der Waals surface area contributed by atoms with Crippen molar-refractivity contribution in [1.82, 2.24) is 9.78 Å². The highest BCUT2D eigenvalue weighted by Gasteiger charge is 2.31. The van der Waals surface area contributed by atoms with E-state index in [2.05, 4.69) is 25.9 Å². The zero-order valence-electron chi connectivity index (χ0n) is 11.9. The molecule has 1 aliphatic carbocycles. The summed E-state index contributed by atoms with van der Waals surface area (Å²) in [5.41, 5.74) is 1.80. The van der Waals surface area contributed by atoms with E-state index in [1.165, 1.54) is 6.42 Å². The van der Waals surface area contributed by atoms with E-state index in [1.54, 1.807) is 4.68 Å². The summed E-state index contributed by atoms with van der Waals surface area (Å²) in [5.74, 6) is 1.91. The van der Waals surface area contributed by atoms with E-state index in [0.717, 1.165) is 36.6 Å². The van der Waals surface area contributed by atoms with E-state index < -0.39 is 0 Å². The molecule has 1 aromatic rings. The van der Waals surface area contributed by atoms with E-state index in [4.69, 9.17) is 0 Å². The summed E-state index contributed by atoms with van der Waals surface area (Å²) in [5, 5.41) is 4.37. The number of aryl methyl sites for hydroxylation is 2. The van der Waals surface area contributed by atoms with Crippen LogP contribution in [0.3, 0.4) is 0 Å². The van der Waals surface area contributed by atoms with Crippen LogP contribution in [0.2, 0.25) is 0 Å². The Morgan fingerprint density at radius 3 is 2.67 bits per heavy atom. The van der Waals surface area contributed by atoms with E-state index in [1.807, 2.05) is 13.1 Å². The van der Waals surface area contributed by atoms with Crippen LogP contribution in [-0.4, -0.2) is 15.6 Å². The minimum atomic E-state index is 0.205. The number of ketones is 1. The standard InChI is InChI=1S/C15H24N2O/c1-5-13-9-14(17(4)16-13)15(18)12-7-6-10(2)11(3)8-12/h9-12H,5-8H2,1-4H3. The van der Waals surface area contributed by atoms with Gasteiger partial charge >= 0.3 is 0 Å². The van der Waals surface area contributed by atoms with Crippen molar-refractivity contribution in [2.45, 2.75) is 46.5 Å². The number of rotatable bonds is 3. The van der Waals surface area contributed by atoms with Gasteiger partial charge in [0.1, 0.15) is 5.69 Å². The molecule has 3 atom stereocenters. The fraction of sp³-hybridized carbons (Fsp3) is 0.733. The molecule has 1 aliphatic rings. The largest absolute Gasteiger partial charge is 0.292 e. The number of carbonyl (C=O) groups excluding carboxylic acids is 1. The monoisotopic (exact) mass is 248 g/mol. The molecular formula is C15H24N2O. The average Bonchev–Trinajstić information content (AvgIpc) is 2.73. The third-order valence-electron chi connectivity index (χ3n) is 4.51. The predicted octanol–water partition coefficient (Wildman–Crippen LogP) is 3.24. The maximum atomic E-state index is 12.5. The Balaban J connectivity index is 2.13. The summed E-state index contributed by atoms with van der Waals surface area (Å²) in [7, 11) is 1.88. The van der Waals surface area contributed by atoms with Gasteiger partial charge in [0, 0.05) is 13.0 Å². The highest BCUT2D eigenvalue weighted by atomic mass is 16.1. The van der Waals surface area contributed by atoms with E-state index in [9.17, 15) is 4.79 Å². The number of hydrogen-bond donors (Lipinski definition) is 0. The molecule has 100 valence electrons. The van der Waals surface area contributed by atoms with Crippen LogP contribution >= 0.6 is 0 Å². The highest BCUT2D eigenvalue weighted by Crippen LogP contribution is 2.35. The minimum Gasteiger partial charge on any atom is -0.292 e. The molecule has 0 bridgehead atoms. The Labute approximate surface area is 110 Å². The first-order valence-corrected chi connectivity index (χ1v) is 7.10. The Hall–Kier alpha value is -1.12. The molecule has 0 spiro atoms. The molecule has 3 heteroatoms. The van der Waals surface area contributed by atoms with Gasteiger partial charge in [-0.3, -0.25) is 9.48 Å². The third kappa shape index (κ3) is 2.50. The average molecular weight is 248 g/mol. The van der Waals surface area contributed by atoms with Crippen LogP contribution in [-0.2, 0) is 13.5 Å². The lowest BCUT2D eigenvalue weighted by molar-refractivity contribution is 0.0827. The van der Waals surface area contributed by atoms with Gasteiger partial charge in [-0.05, 0) is 43.6 Å². The molecule has 1 fully saturated rings. The Morgan fingerprint density at radius 1 is 1.39 bits per heavy atom. The first-order valence-electron chi connectivity index (χ1n) is 7.10. The van der Waals surface area contributed by atoms with Crippen LogP contribution in [0.5, 0.6) is 0 Å². The summed E-state index contributed by atoms with van der Waals surface area (Å²) in [6.07, 6.45) is 4.14. The Kier molecular flexibility index (Phi) is 3.88. The molecule has 0 amide bonds. The molecule has 2 rings (SSSR count). The summed E-state index contributed by atoms with van der Waals surface area (Å²) >= 11 is 0. The van der Waals surface area contributed by atoms with Crippen LogP contribution < -0.4 is 0 Å². The van der Waals surface area contributed by atoms with Gasteiger partial charge in [-0.15, -0.1) is 0 Å². The first-order chi connectivity index (χ1) is 8.52. The lowest BCUT2D eigenvalue weighted by Gasteiger charge is -2.31. The van der Waals surface area contributed by atoms with E-state index in [0.29, 0.717) is 11.7 Å². The molecule has 1 heterocycles. The zero-order chi connectivity index (χ0) is 13.3. The topological polar surface area (TPSA) is 34.9 Å². The van der Waals surface area contributed by atoms with Crippen molar-refractivity contribution >= 4 is 5.78 Å². The van der Waals surface area contributed by atoms with Gasteiger partial charge in [0.05, 0.1) is 5.69 Å². The van der Waals surface area contributed by atoms with Gasteiger partial charge in [-0.1, -0.05) is 20.8 Å². The van der Waals surface area contributed by atoms with Gasteiger partial charge in [0.15, 0.2) is 5.78 Å². The highest BCUT2D eigenvalue weighted by molar-refractivity contribution is 5.96. The molecule has 0 aromatic carbocycles. The van der Waals surface area contributed by atoms with Crippen LogP contribution in [0.25, 0.3) is 0 Å². The molecule has 1 saturated carbocycles. The van der Waals surface area contributed by atoms with Gasteiger partial charge in [-0.2, -0.15) is 5.10 Å². The molecule has 0 N–H and O–H groups in total. The van der Waals surface area contributed by atoms with Crippen LogP contribution in [0, 0.1) is 17.8 Å². The van der Waals surface area contributed by atoms with Gasteiger partial charge in [-0.25, -0.2) is 0 Å². The second-order valence-corrected chi connectivity index (χ2v) is 5.83. The van der Waals surface area contributed by atoms with Crippen molar-refractivity contribution in [3.8, 4) is 0 Å². The lowest BCUT2D eigenvalue weighted by atomic mass is 9.74. The van der Waals surface area contributed by atoms with Crippen molar-refractivity contribution in [2.75, 3.05) is 0 Å². The maximum Gasteiger partial charge on any atom is 0.183 e. The molecule has 0 saturated heterocycles. The van der Waals surface area contributed by atoms with Crippen molar-refractivity contribution in [3.63, 3.8) is 0 Å². The quantitative estimate of drug-likeness (QED) is 0.770. The van der Waals surface area contributed by atoms with Crippen LogP contribution in [0.15, 0.2) is 6.07 Å². The number of nitrogens with zero attached hydrogens (tertiary/aromatic N) is 2. The smallest absolute Gasteiger partial charge is 0.183 e. The fourth-order valence-corrected chi connectivity index (χ4v) is 2.92. The second kappa shape index (κ2) is 5.25. The molecular weight excluding hydrogens is 224 g/mol. The van der Waals surface area contributed by atoms with E-state index >= 15 is 0 Å². The number of Topliss-reactive ketones (excluding diaryl/α,β-unsaturated/α-hetero) is 1. The fourth-order valence-electron chi connectivity index (χ4n) is 2.92. The molecule has 0 aliphatic heterocycles. The van der Waals surface area contributed by atoms with Gasteiger partial charge in [0.2, 0.25) is 0 Å². The SMILES string of the molecule is CCc1cc(C(=O)C2CCC(C)C(C)C2)n(C)n1. The van der Waals surface area contributed by atoms with Crippen molar-refractivity contribution in [2.24, 2.45) is 24.8 Å². The Bertz CT molecular complexity index is 436. The summed E-state index contributed by atoms with van der Waals surface area (Å²) in [4.78, 5) is 12.5.